The summed E-state index contributed by atoms with van der Waals surface area (Å²) in [6, 6.07) is 28.5. The average molecular weight is 516 g/mol. The number of benzene rings is 3. The summed E-state index contributed by atoms with van der Waals surface area (Å²) in [7, 11) is -1.59. The first-order valence-corrected chi connectivity index (χ1v) is 11.5. The minimum Gasteiger partial charge on any atom is -0.409 e. The van der Waals surface area contributed by atoms with Gasteiger partial charge >= 0.3 is 19.9 Å². The summed E-state index contributed by atoms with van der Waals surface area (Å²) < 4.78 is 25.0. The Morgan fingerprint density at radius 1 is 0.400 bits per heavy atom. The molecule has 0 aromatic heterocycles. The van der Waals surface area contributed by atoms with E-state index in [1.54, 1.807) is 0 Å². The van der Waals surface area contributed by atoms with Gasteiger partial charge in [-0.1, -0.05) is 54.6 Å². The van der Waals surface area contributed by atoms with Crippen molar-refractivity contribution in [2.75, 3.05) is 0 Å². The van der Waals surface area contributed by atoms with Gasteiger partial charge in [-0.25, -0.2) is 0 Å². The second-order valence-electron chi connectivity index (χ2n) is 6.36. The number of para-hydroxylation sites is 3. The van der Waals surface area contributed by atoms with E-state index < -0.39 is 8.60 Å². The molecule has 0 spiro atoms. The Balaban J connectivity index is 0.000000387. The molecule has 0 bridgehead atoms. The third kappa shape index (κ3) is 14.8. The molecule has 0 atom stereocenters. The predicted octanol–water partition coefficient (Wildman–Crippen LogP) is 7.45. The van der Waals surface area contributed by atoms with Gasteiger partial charge in [-0.05, 0) is 101 Å². The molecular weight excluding hydrogens is 491 g/mol. The summed E-state index contributed by atoms with van der Waals surface area (Å²) in [5.74, 6) is 2.13. The summed E-state index contributed by atoms with van der Waals surface area (Å²) in [6.07, 6.45) is 20.0. The maximum absolute atomic E-state index is 7.50. The Hall–Kier alpha value is -2.06. The molecule has 0 N–H and O–H groups in total. The number of hydrogen-bond donors (Lipinski definition) is 0. The van der Waals surface area contributed by atoms with Crippen LogP contribution in [0.4, 0.5) is 0 Å². The van der Waals surface area contributed by atoms with Crippen LogP contribution >= 0.6 is 8.60 Å². The van der Waals surface area contributed by atoms with E-state index in [-0.39, 0.29) is 21.7 Å². The van der Waals surface area contributed by atoms with Gasteiger partial charge in [0, 0.05) is 21.7 Å². The van der Waals surface area contributed by atoms with Gasteiger partial charge < -0.3 is 13.6 Å². The SMILES string of the molecule is [C-]#[O+].[CH]1[CH][CH][CH][CH]1.[CH]1[CH][CH][CH][CH]1.[Ti].c1ccc(OP(Oc2ccccc2)Oc2ccccc2)cc1. The predicted molar refractivity (Wildman–Crippen MR) is 135 cm³/mol. The normalized spacial score (nSPS) is 13.3. The second-order valence-corrected chi connectivity index (χ2v) is 7.36. The van der Waals surface area contributed by atoms with Crippen LogP contribution in [0.2, 0.25) is 0 Å². The number of rotatable bonds is 6. The van der Waals surface area contributed by atoms with Crippen LogP contribution in [0.5, 0.6) is 17.2 Å². The topological polar surface area (TPSA) is 47.6 Å². The van der Waals surface area contributed by atoms with Crippen molar-refractivity contribution in [2.45, 2.75) is 0 Å². The van der Waals surface area contributed by atoms with E-state index in [0.717, 1.165) is 0 Å². The maximum atomic E-state index is 7.50. The van der Waals surface area contributed by atoms with Crippen molar-refractivity contribution in [3.8, 4) is 17.2 Å². The third-order valence-corrected chi connectivity index (χ3v) is 4.96. The molecule has 35 heavy (non-hydrogen) atoms. The van der Waals surface area contributed by atoms with Crippen LogP contribution in [0.15, 0.2) is 91.0 Å². The van der Waals surface area contributed by atoms with E-state index >= 15 is 0 Å². The van der Waals surface area contributed by atoms with Gasteiger partial charge in [0.05, 0.1) is 0 Å². The van der Waals surface area contributed by atoms with E-state index in [4.69, 9.17) is 18.2 Å². The van der Waals surface area contributed by atoms with Crippen molar-refractivity contribution in [1.29, 1.82) is 0 Å². The van der Waals surface area contributed by atoms with Crippen LogP contribution in [0.25, 0.3) is 0 Å². The quantitative estimate of drug-likeness (QED) is 0.148. The fourth-order valence-electron chi connectivity index (χ4n) is 2.40. The van der Waals surface area contributed by atoms with Gasteiger partial charge in [-0.2, -0.15) is 0 Å². The molecule has 0 saturated heterocycles. The summed E-state index contributed by atoms with van der Waals surface area (Å²) in [6.45, 7) is 4.50. The molecule has 10 radical (unpaired) electrons. The minimum absolute atomic E-state index is 0. The Morgan fingerprint density at radius 2 is 0.600 bits per heavy atom. The van der Waals surface area contributed by atoms with E-state index in [1.165, 1.54) is 0 Å². The Kier molecular flexibility index (Phi) is 18.8. The van der Waals surface area contributed by atoms with Gasteiger partial charge in [0.15, 0.2) is 0 Å². The first kappa shape index (κ1) is 31.0. The molecule has 0 amide bonds. The zero-order valence-corrected chi connectivity index (χ0v) is 21.5. The maximum Gasteiger partial charge on any atom is 0.530 e. The zero-order chi connectivity index (χ0) is 24.1. The Labute approximate surface area is 227 Å². The summed E-state index contributed by atoms with van der Waals surface area (Å²) in [5, 5.41) is 0. The molecule has 4 nitrogen and oxygen atoms in total. The molecule has 174 valence electrons. The van der Waals surface area contributed by atoms with E-state index in [9.17, 15) is 0 Å². The van der Waals surface area contributed by atoms with Gasteiger partial charge in [0.25, 0.3) is 0 Å². The molecular formula is C29H25O4PTi. The van der Waals surface area contributed by atoms with Gasteiger partial charge in [-0.15, -0.1) is 0 Å². The van der Waals surface area contributed by atoms with E-state index in [0.29, 0.717) is 17.2 Å². The first-order valence-electron chi connectivity index (χ1n) is 10.4. The molecule has 2 aliphatic rings. The molecule has 5 rings (SSSR count). The average Bonchev–Trinajstić information content (AvgIpc) is 3.67. The molecule has 2 saturated carbocycles. The van der Waals surface area contributed by atoms with Crippen LogP contribution in [-0.4, -0.2) is 0 Å². The van der Waals surface area contributed by atoms with Crippen LogP contribution in [-0.2, 0) is 26.4 Å². The summed E-state index contributed by atoms with van der Waals surface area (Å²) in [4.78, 5) is 0. The van der Waals surface area contributed by atoms with Crippen molar-refractivity contribution in [3.05, 3.63) is 162 Å². The van der Waals surface area contributed by atoms with Gasteiger partial charge in [-0.3, -0.25) is 0 Å². The molecule has 3 aromatic rings. The van der Waals surface area contributed by atoms with Crippen LogP contribution in [0.3, 0.4) is 0 Å². The standard InChI is InChI=1S/C18H15O3P.2C5H5.CO.Ti/c1-4-10-16(11-5-1)19-22(20-17-12-6-2-7-13-17)21-18-14-8-3-9-15-18;2*1-2-4-5-3-1;1-2;/h1-15H;2*1-5H;;. The molecule has 6 heteroatoms. The third-order valence-electron chi connectivity index (χ3n) is 3.88. The Bertz CT molecular complexity index is 746. The van der Waals surface area contributed by atoms with Crippen molar-refractivity contribution in [3.63, 3.8) is 0 Å². The summed E-state index contributed by atoms with van der Waals surface area (Å²) in [5.41, 5.74) is 0. The molecule has 2 fully saturated rings. The fourth-order valence-corrected chi connectivity index (χ4v) is 3.39. The van der Waals surface area contributed by atoms with Crippen LogP contribution in [0.1, 0.15) is 0 Å². The van der Waals surface area contributed by atoms with Crippen LogP contribution in [0, 0.1) is 70.9 Å². The van der Waals surface area contributed by atoms with Gasteiger partial charge in [0.1, 0.15) is 17.2 Å². The van der Waals surface area contributed by atoms with Crippen molar-refractivity contribution < 1.29 is 39.9 Å². The smallest absolute Gasteiger partial charge is 0.409 e. The van der Waals surface area contributed by atoms with Crippen molar-refractivity contribution in [1.82, 2.24) is 0 Å². The van der Waals surface area contributed by atoms with E-state index in [2.05, 4.69) is 6.65 Å². The monoisotopic (exact) mass is 516 g/mol. The minimum atomic E-state index is -1.59. The second kappa shape index (κ2) is 21.2. The van der Waals surface area contributed by atoms with Crippen LogP contribution < -0.4 is 13.6 Å². The molecule has 0 unspecified atom stereocenters. The first-order chi connectivity index (χ1) is 16.9. The molecule has 2 aliphatic carbocycles. The van der Waals surface area contributed by atoms with Crippen molar-refractivity contribution in [2.24, 2.45) is 0 Å². The molecule has 0 aliphatic heterocycles. The molecule has 0 heterocycles. The van der Waals surface area contributed by atoms with Crippen molar-refractivity contribution >= 4 is 8.60 Å². The molecule has 3 aromatic carbocycles. The largest absolute Gasteiger partial charge is 0.530 e. The van der Waals surface area contributed by atoms with E-state index in [1.807, 2.05) is 155 Å². The Morgan fingerprint density at radius 3 is 0.800 bits per heavy atom. The van der Waals surface area contributed by atoms with Gasteiger partial charge in [0.2, 0.25) is 0 Å². The summed E-state index contributed by atoms with van der Waals surface area (Å²) >= 11 is 0. The zero-order valence-electron chi connectivity index (χ0n) is 19.0. The number of hydrogen-bond acceptors (Lipinski definition) is 3. The fraction of sp³-hybridized carbons (Fsp3) is 0.